The van der Waals surface area contributed by atoms with E-state index in [0.29, 0.717) is 44.7 Å². The third kappa shape index (κ3) is 4.03. The molecule has 9 nitrogen and oxygen atoms in total. The molecule has 0 saturated carbocycles. The molecule has 1 aromatic heterocycles. The fourth-order valence-corrected chi connectivity index (χ4v) is 6.65. The summed E-state index contributed by atoms with van der Waals surface area (Å²) in [5.74, 6) is 0.752. The molecule has 1 N–H and O–H groups in total. The third-order valence-electron chi connectivity index (χ3n) is 6.66. The number of nitrogens with zero attached hydrogens (tertiary/aromatic N) is 5. The molecule has 2 aliphatic rings. The van der Waals surface area contributed by atoms with E-state index >= 15 is 0 Å². The predicted molar refractivity (Wildman–Crippen MR) is 122 cm³/mol. The van der Waals surface area contributed by atoms with Crippen molar-refractivity contribution in [1.82, 2.24) is 24.9 Å². The van der Waals surface area contributed by atoms with E-state index in [1.807, 2.05) is 29.2 Å². The van der Waals surface area contributed by atoms with Gasteiger partial charge in [-0.3, -0.25) is 4.79 Å². The molecule has 2 aliphatic heterocycles. The Bertz CT molecular complexity index is 1260. The fraction of sp³-hybridized carbons (Fsp3) is 0.364. The minimum absolute atomic E-state index is 0.0736. The lowest BCUT2D eigenvalue weighted by Crippen LogP contribution is -2.46. The summed E-state index contributed by atoms with van der Waals surface area (Å²) in [4.78, 5) is 15.3. The molecule has 0 aliphatic carbocycles. The van der Waals surface area contributed by atoms with Crippen molar-refractivity contribution in [1.29, 1.82) is 0 Å². The molecule has 3 aromatic rings. The summed E-state index contributed by atoms with van der Waals surface area (Å²) in [5, 5.41) is 14.0. The molecule has 3 heterocycles. The van der Waals surface area contributed by atoms with Crippen molar-refractivity contribution in [2.24, 2.45) is 5.41 Å². The summed E-state index contributed by atoms with van der Waals surface area (Å²) in [5.41, 5.74) is 1.37. The van der Waals surface area contributed by atoms with Crippen LogP contribution >= 0.6 is 11.6 Å². The van der Waals surface area contributed by atoms with Crippen molar-refractivity contribution in [3.63, 3.8) is 0 Å². The van der Waals surface area contributed by atoms with Gasteiger partial charge in [-0.05, 0) is 59.5 Å². The quantitative estimate of drug-likeness (QED) is 0.593. The number of halogens is 1. The first kappa shape index (κ1) is 22.0. The van der Waals surface area contributed by atoms with Crippen LogP contribution < -0.4 is 4.90 Å². The highest BCUT2D eigenvalue weighted by Gasteiger charge is 2.50. The number of benzene rings is 2. The number of carbonyl (C=O) groups excluding carboxylic acids is 1. The highest BCUT2D eigenvalue weighted by atomic mass is 35.5. The van der Waals surface area contributed by atoms with E-state index in [1.165, 1.54) is 10.4 Å². The van der Waals surface area contributed by atoms with Crippen LogP contribution in [0.3, 0.4) is 0 Å². The first-order chi connectivity index (χ1) is 15.9. The van der Waals surface area contributed by atoms with Gasteiger partial charge in [-0.2, -0.15) is 4.31 Å². The molecule has 33 heavy (non-hydrogen) atoms. The van der Waals surface area contributed by atoms with Gasteiger partial charge >= 0.3 is 0 Å². The maximum atomic E-state index is 13.4. The zero-order valence-corrected chi connectivity index (χ0v) is 19.4. The Labute approximate surface area is 196 Å². The van der Waals surface area contributed by atoms with Crippen LogP contribution in [0.2, 0.25) is 5.02 Å². The maximum Gasteiger partial charge on any atom is 0.244 e. The summed E-state index contributed by atoms with van der Waals surface area (Å²) < 4.78 is 27.6. The lowest BCUT2D eigenvalue weighted by Gasteiger charge is -2.37. The molecule has 2 aromatic carbocycles. The largest absolute Gasteiger partial charge is 0.312 e. The summed E-state index contributed by atoms with van der Waals surface area (Å²) in [6.07, 6.45) is 2.31. The van der Waals surface area contributed by atoms with Crippen molar-refractivity contribution in [3.8, 4) is 0 Å². The van der Waals surface area contributed by atoms with Gasteiger partial charge in [0.25, 0.3) is 0 Å². The molecule has 11 heteroatoms. The van der Waals surface area contributed by atoms with Crippen molar-refractivity contribution >= 4 is 33.2 Å². The van der Waals surface area contributed by atoms with Crippen LogP contribution in [0.25, 0.3) is 0 Å². The second-order valence-electron chi connectivity index (χ2n) is 8.51. The average molecular weight is 487 g/mol. The van der Waals surface area contributed by atoms with E-state index < -0.39 is 15.4 Å². The molecule has 0 radical (unpaired) electrons. The van der Waals surface area contributed by atoms with E-state index in [1.54, 1.807) is 18.2 Å². The Morgan fingerprint density at radius 2 is 1.70 bits per heavy atom. The number of amides is 1. The van der Waals surface area contributed by atoms with Crippen LogP contribution in [-0.2, 0) is 21.2 Å². The topological polar surface area (TPSA) is 112 Å². The number of carbonyl (C=O) groups is 1. The molecule has 0 atom stereocenters. The summed E-state index contributed by atoms with van der Waals surface area (Å²) >= 11 is 6.13. The SMILES string of the molecule is O=C1N(c2ccc(Cc3nnn[nH]3)cc2)CCC12CCN(S(=O)(=O)c1ccccc1Cl)CC2. The average Bonchev–Trinajstić information content (AvgIpc) is 3.44. The van der Waals surface area contributed by atoms with Crippen molar-refractivity contribution in [3.05, 3.63) is 64.9 Å². The number of H-pyrrole nitrogens is 1. The molecule has 1 spiro atoms. The minimum Gasteiger partial charge on any atom is -0.312 e. The van der Waals surface area contributed by atoms with E-state index in [2.05, 4.69) is 20.6 Å². The number of anilines is 1. The van der Waals surface area contributed by atoms with Crippen LogP contribution in [0, 0.1) is 5.41 Å². The van der Waals surface area contributed by atoms with Crippen LogP contribution in [-0.4, -0.2) is 58.9 Å². The second-order valence-corrected chi connectivity index (χ2v) is 10.8. The highest BCUT2D eigenvalue weighted by Crippen LogP contribution is 2.44. The van der Waals surface area contributed by atoms with E-state index in [4.69, 9.17) is 11.6 Å². The van der Waals surface area contributed by atoms with E-state index in [9.17, 15) is 13.2 Å². The molecule has 5 rings (SSSR count). The predicted octanol–water partition coefficient (Wildman–Crippen LogP) is 2.65. The Balaban J connectivity index is 1.26. The lowest BCUT2D eigenvalue weighted by molar-refractivity contribution is -0.127. The molecule has 2 saturated heterocycles. The zero-order valence-electron chi connectivity index (χ0n) is 17.8. The molecular weight excluding hydrogens is 464 g/mol. The number of hydrogen-bond acceptors (Lipinski definition) is 6. The number of rotatable bonds is 5. The van der Waals surface area contributed by atoms with Gasteiger partial charge in [0.2, 0.25) is 15.9 Å². The first-order valence-electron chi connectivity index (χ1n) is 10.8. The second kappa shape index (κ2) is 8.51. The Morgan fingerprint density at radius 3 is 2.36 bits per heavy atom. The van der Waals surface area contributed by atoms with E-state index in [0.717, 1.165) is 17.7 Å². The Kier molecular flexibility index (Phi) is 5.67. The van der Waals surface area contributed by atoms with Gasteiger partial charge in [0, 0.05) is 31.7 Å². The van der Waals surface area contributed by atoms with Crippen LogP contribution in [0.1, 0.15) is 30.7 Å². The number of tetrazole rings is 1. The van der Waals surface area contributed by atoms with Crippen LogP contribution in [0.5, 0.6) is 0 Å². The zero-order chi connectivity index (χ0) is 23.1. The molecule has 0 bridgehead atoms. The molecule has 0 unspecified atom stereocenters. The van der Waals surface area contributed by atoms with Crippen molar-refractivity contribution in [2.45, 2.75) is 30.6 Å². The molecule has 172 valence electrons. The van der Waals surface area contributed by atoms with Crippen LogP contribution in [0.15, 0.2) is 53.4 Å². The van der Waals surface area contributed by atoms with Gasteiger partial charge in [-0.1, -0.05) is 35.9 Å². The maximum absolute atomic E-state index is 13.4. The molecule has 2 fully saturated rings. The van der Waals surface area contributed by atoms with Crippen molar-refractivity contribution in [2.75, 3.05) is 24.5 Å². The number of hydrogen-bond donors (Lipinski definition) is 1. The monoisotopic (exact) mass is 486 g/mol. The van der Waals surface area contributed by atoms with Gasteiger partial charge < -0.3 is 4.90 Å². The van der Waals surface area contributed by atoms with Crippen LogP contribution in [0.4, 0.5) is 5.69 Å². The molecular formula is C22H23ClN6O3S. The van der Waals surface area contributed by atoms with Gasteiger partial charge in [0.05, 0.1) is 10.4 Å². The highest BCUT2D eigenvalue weighted by molar-refractivity contribution is 7.89. The van der Waals surface area contributed by atoms with Gasteiger partial charge in [-0.15, -0.1) is 5.10 Å². The Hall–Kier alpha value is -2.82. The number of nitrogens with one attached hydrogen (secondary N) is 1. The first-order valence-corrected chi connectivity index (χ1v) is 12.6. The standard InChI is InChI=1S/C22H23ClN6O3S/c23-18-3-1-2-4-19(18)33(31,32)28-12-9-22(10-13-28)11-14-29(21(22)30)17-7-5-16(6-8-17)15-20-24-26-27-25-20/h1-8H,9-15H2,(H,24,25,26,27). The fourth-order valence-electron chi connectivity index (χ4n) is 4.72. The number of aromatic amines is 1. The van der Waals surface area contributed by atoms with E-state index in [-0.39, 0.29) is 15.8 Å². The van der Waals surface area contributed by atoms with Crippen molar-refractivity contribution < 1.29 is 13.2 Å². The number of piperidine rings is 1. The summed E-state index contributed by atoms with van der Waals surface area (Å²) in [6, 6.07) is 14.3. The summed E-state index contributed by atoms with van der Waals surface area (Å²) in [7, 11) is -3.69. The number of sulfonamides is 1. The van der Waals surface area contributed by atoms with Gasteiger partial charge in [0.1, 0.15) is 4.90 Å². The summed E-state index contributed by atoms with van der Waals surface area (Å²) in [6.45, 7) is 1.23. The smallest absolute Gasteiger partial charge is 0.244 e. The minimum atomic E-state index is -3.69. The molecule has 1 amide bonds. The number of aromatic nitrogens is 4. The normalized spacial score (nSPS) is 18.8. The van der Waals surface area contributed by atoms with Gasteiger partial charge in [-0.25, -0.2) is 13.5 Å². The Morgan fingerprint density at radius 1 is 1.00 bits per heavy atom. The van der Waals surface area contributed by atoms with Gasteiger partial charge in [0.15, 0.2) is 5.82 Å². The third-order valence-corrected chi connectivity index (χ3v) is 9.05. The lowest BCUT2D eigenvalue weighted by atomic mass is 9.77.